The fourth-order valence-electron chi connectivity index (χ4n) is 2.34. The molecule has 1 aliphatic rings. The van der Waals surface area contributed by atoms with Crippen molar-refractivity contribution >= 4 is 33.2 Å². The van der Waals surface area contributed by atoms with Gasteiger partial charge in [-0.2, -0.15) is 13.4 Å². The standard InChI is InChI=1S/C12H11FN2O4S/c13-20(17,18)7-8-5-11(16)15(6-8)12-14-9-3-1-2-4-10(9)19-12/h1-4,8H,5-7H2. The van der Waals surface area contributed by atoms with Gasteiger partial charge in [0.1, 0.15) is 5.52 Å². The first-order chi connectivity index (χ1) is 9.42. The van der Waals surface area contributed by atoms with E-state index in [0.717, 1.165) is 0 Å². The summed E-state index contributed by atoms with van der Waals surface area (Å²) in [4.78, 5) is 17.3. The van der Waals surface area contributed by atoms with Crippen LogP contribution in [0.1, 0.15) is 6.42 Å². The number of anilines is 1. The Kier molecular flexibility index (Phi) is 2.97. The number of fused-ring (bicyclic) bond motifs is 1. The summed E-state index contributed by atoms with van der Waals surface area (Å²) in [6.45, 7) is 0.0921. The van der Waals surface area contributed by atoms with Crippen LogP contribution in [0.3, 0.4) is 0 Å². The van der Waals surface area contributed by atoms with Crippen molar-refractivity contribution < 1.29 is 21.5 Å². The van der Waals surface area contributed by atoms with Gasteiger partial charge in [-0.25, -0.2) is 0 Å². The fraction of sp³-hybridized carbons (Fsp3) is 0.333. The molecule has 1 saturated heterocycles. The maximum Gasteiger partial charge on any atom is 0.305 e. The third-order valence-corrected chi connectivity index (χ3v) is 4.02. The van der Waals surface area contributed by atoms with Gasteiger partial charge in [-0.3, -0.25) is 9.69 Å². The Morgan fingerprint density at radius 3 is 2.85 bits per heavy atom. The van der Waals surface area contributed by atoms with Crippen molar-refractivity contribution in [1.82, 2.24) is 4.98 Å². The summed E-state index contributed by atoms with van der Waals surface area (Å²) in [5.41, 5.74) is 1.15. The number of aromatic nitrogens is 1. The summed E-state index contributed by atoms with van der Waals surface area (Å²) in [7, 11) is -4.59. The number of rotatable bonds is 3. The Morgan fingerprint density at radius 1 is 1.40 bits per heavy atom. The molecule has 2 aromatic rings. The molecule has 1 atom stereocenters. The number of carbonyl (C=O) groups is 1. The Bertz CT molecular complexity index is 738. The first-order valence-corrected chi connectivity index (χ1v) is 7.56. The SMILES string of the molecule is O=C1CC(CS(=O)(=O)F)CN1c1nc2ccccc2o1. The number of amides is 1. The van der Waals surface area contributed by atoms with Gasteiger partial charge in [-0.15, -0.1) is 3.89 Å². The number of oxazole rings is 1. The van der Waals surface area contributed by atoms with Crippen molar-refractivity contribution in [3.63, 3.8) is 0 Å². The largest absolute Gasteiger partial charge is 0.423 e. The van der Waals surface area contributed by atoms with Crippen LogP contribution >= 0.6 is 0 Å². The zero-order chi connectivity index (χ0) is 14.3. The van der Waals surface area contributed by atoms with Crippen LogP contribution in [0.5, 0.6) is 0 Å². The number of carbonyl (C=O) groups excluding carboxylic acids is 1. The number of para-hydroxylation sites is 2. The average molecular weight is 298 g/mol. The molecule has 0 bridgehead atoms. The molecule has 0 radical (unpaired) electrons. The molecule has 0 N–H and O–H groups in total. The molecule has 1 amide bonds. The van der Waals surface area contributed by atoms with Crippen molar-refractivity contribution in [2.45, 2.75) is 6.42 Å². The summed E-state index contributed by atoms with van der Waals surface area (Å²) in [6, 6.07) is 7.15. The number of nitrogens with zero attached hydrogens (tertiary/aromatic N) is 2. The minimum Gasteiger partial charge on any atom is -0.423 e. The lowest BCUT2D eigenvalue weighted by molar-refractivity contribution is -0.117. The van der Waals surface area contributed by atoms with Crippen LogP contribution in [-0.2, 0) is 15.0 Å². The van der Waals surface area contributed by atoms with Crippen molar-refractivity contribution in [3.8, 4) is 0 Å². The zero-order valence-electron chi connectivity index (χ0n) is 10.3. The topological polar surface area (TPSA) is 80.5 Å². The Balaban J connectivity index is 1.85. The van der Waals surface area contributed by atoms with E-state index in [0.29, 0.717) is 11.1 Å². The molecule has 0 saturated carbocycles. The molecular formula is C12H11FN2O4S. The highest BCUT2D eigenvalue weighted by Gasteiger charge is 2.35. The second-order valence-corrected chi connectivity index (χ2v) is 6.16. The molecule has 2 heterocycles. The minimum atomic E-state index is -4.59. The Hall–Kier alpha value is -1.96. The van der Waals surface area contributed by atoms with Crippen molar-refractivity contribution in [2.24, 2.45) is 5.92 Å². The number of halogens is 1. The van der Waals surface area contributed by atoms with Crippen LogP contribution in [0.15, 0.2) is 28.7 Å². The Morgan fingerprint density at radius 2 is 2.15 bits per heavy atom. The minimum absolute atomic E-state index is 0.0259. The van der Waals surface area contributed by atoms with Crippen LogP contribution in [-0.4, -0.2) is 31.6 Å². The van der Waals surface area contributed by atoms with E-state index in [2.05, 4.69) is 4.98 Å². The van der Waals surface area contributed by atoms with Crippen LogP contribution in [0.25, 0.3) is 11.1 Å². The van der Waals surface area contributed by atoms with Crippen LogP contribution < -0.4 is 4.90 Å². The summed E-state index contributed by atoms with van der Waals surface area (Å²) >= 11 is 0. The van der Waals surface area contributed by atoms with Crippen LogP contribution in [0.4, 0.5) is 9.90 Å². The lowest BCUT2D eigenvalue weighted by Crippen LogP contribution is -2.25. The highest BCUT2D eigenvalue weighted by atomic mass is 32.3. The third-order valence-electron chi connectivity index (χ3n) is 3.15. The van der Waals surface area contributed by atoms with E-state index in [1.165, 1.54) is 4.90 Å². The first-order valence-electron chi connectivity index (χ1n) is 6.00. The lowest BCUT2D eigenvalue weighted by atomic mass is 10.1. The molecule has 1 fully saturated rings. The second kappa shape index (κ2) is 4.55. The molecule has 6 nitrogen and oxygen atoms in total. The van der Waals surface area contributed by atoms with Gasteiger partial charge < -0.3 is 4.42 Å². The highest BCUT2D eigenvalue weighted by Crippen LogP contribution is 2.28. The van der Waals surface area contributed by atoms with Gasteiger partial charge >= 0.3 is 16.2 Å². The predicted octanol–water partition coefficient (Wildman–Crippen LogP) is 1.48. The predicted molar refractivity (Wildman–Crippen MR) is 69.4 cm³/mol. The molecule has 106 valence electrons. The van der Waals surface area contributed by atoms with E-state index < -0.39 is 21.9 Å². The fourth-order valence-corrected chi connectivity index (χ4v) is 3.12. The maximum atomic E-state index is 12.7. The normalized spacial score (nSPS) is 19.9. The van der Waals surface area contributed by atoms with Crippen LogP contribution in [0.2, 0.25) is 0 Å². The van der Waals surface area contributed by atoms with E-state index in [9.17, 15) is 17.1 Å². The highest BCUT2D eigenvalue weighted by molar-refractivity contribution is 7.86. The van der Waals surface area contributed by atoms with E-state index >= 15 is 0 Å². The molecule has 1 aliphatic heterocycles. The molecule has 3 rings (SSSR count). The molecule has 20 heavy (non-hydrogen) atoms. The smallest absolute Gasteiger partial charge is 0.305 e. The van der Waals surface area contributed by atoms with E-state index in [1.807, 2.05) is 0 Å². The van der Waals surface area contributed by atoms with E-state index in [4.69, 9.17) is 4.42 Å². The molecule has 1 aromatic heterocycles. The zero-order valence-corrected chi connectivity index (χ0v) is 11.1. The van der Waals surface area contributed by atoms with Gasteiger partial charge in [0.2, 0.25) is 5.91 Å². The molecule has 1 unspecified atom stereocenters. The lowest BCUT2D eigenvalue weighted by Gasteiger charge is -2.10. The molecule has 0 spiro atoms. The number of benzene rings is 1. The average Bonchev–Trinajstić information content (AvgIpc) is 2.90. The summed E-state index contributed by atoms with van der Waals surface area (Å²) in [5.74, 6) is -1.55. The molecule has 0 aliphatic carbocycles. The monoisotopic (exact) mass is 298 g/mol. The number of hydrogen-bond acceptors (Lipinski definition) is 5. The molecule has 8 heteroatoms. The number of hydrogen-bond donors (Lipinski definition) is 0. The molecule has 1 aromatic carbocycles. The molecular weight excluding hydrogens is 287 g/mol. The van der Waals surface area contributed by atoms with Gasteiger partial charge in [0.15, 0.2) is 5.58 Å². The van der Waals surface area contributed by atoms with Gasteiger partial charge in [0.05, 0.1) is 5.75 Å². The van der Waals surface area contributed by atoms with E-state index in [1.54, 1.807) is 24.3 Å². The van der Waals surface area contributed by atoms with E-state index in [-0.39, 0.29) is 24.9 Å². The van der Waals surface area contributed by atoms with Gasteiger partial charge in [-0.1, -0.05) is 12.1 Å². The third kappa shape index (κ3) is 2.51. The van der Waals surface area contributed by atoms with Crippen molar-refractivity contribution in [3.05, 3.63) is 24.3 Å². The van der Waals surface area contributed by atoms with Crippen molar-refractivity contribution in [2.75, 3.05) is 17.2 Å². The van der Waals surface area contributed by atoms with Crippen LogP contribution in [0, 0.1) is 5.92 Å². The summed E-state index contributed by atoms with van der Waals surface area (Å²) in [6.07, 6.45) is -0.0259. The summed E-state index contributed by atoms with van der Waals surface area (Å²) in [5, 5.41) is 0. The summed E-state index contributed by atoms with van der Waals surface area (Å²) < 4.78 is 39.4. The quantitative estimate of drug-likeness (QED) is 0.802. The van der Waals surface area contributed by atoms with Gasteiger partial charge in [0, 0.05) is 18.9 Å². The van der Waals surface area contributed by atoms with Gasteiger partial charge in [0.25, 0.3) is 0 Å². The van der Waals surface area contributed by atoms with Gasteiger partial charge in [-0.05, 0) is 12.1 Å². The first kappa shape index (κ1) is 13.0. The second-order valence-electron chi connectivity index (χ2n) is 4.74. The Labute approximate surface area is 114 Å². The van der Waals surface area contributed by atoms with Crippen molar-refractivity contribution in [1.29, 1.82) is 0 Å². The maximum absolute atomic E-state index is 12.7.